The Bertz CT molecular complexity index is 1690. The molecule has 0 saturated carbocycles. The van der Waals surface area contributed by atoms with Crippen LogP contribution in [0.4, 0.5) is 17.1 Å². The van der Waals surface area contributed by atoms with Crippen molar-refractivity contribution < 1.29 is 23.9 Å². The van der Waals surface area contributed by atoms with Crippen molar-refractivity contribution in [2.75, 3.05) is 43.8 Å². The summed E-state index contributed by atoms with van der Waals surface area (Å²) in [5.41, 5.74) is 3.33. The van der Waals surface area contributed by atoms with Crippen LogP contribution in [0.5, 0.6) is 11.5 Å². The van der Waals surface area contributed by atoms with Gasteiger partial charge in [0.2, 0.25) is 5.91 Å². The van der Waals surface area contributed by atoms with Crippen LogP contribution in [0.1, 0.15) is 29.3 Å². The van der Waals surface area contributed by atoms with Gasteiger partial charge in [-0.2, -0.15) is 0 Å². The van der Waals surface area contributed by atoms with Crippen LogP contribution in [0.3, 0.4) is 0 Å². The van der Waals surface area contributed by atoms with Gasteiger partial charge in [0, 0.05) is 42.0 Å². The molecule has 46 heavy (non-hydrogen) atoms. The van der Waals surface area contributed by atoms with Gasteiger partial charge in [0.15, 0.2) is 0 Å². The number of hydrogen-bond acceptors (Lipinski definition) is 7. The van der Waals surface area contributed by atoms with Crippen molar-refractivity contribution in [3.05, 3.63) is 114 Å². The number of carbonyl (C=O) groups excluding carboxylic acids is 3. The standard InChI is InChI=1S/C36H38N4O5S/c1-6-33(36(43)38-30-20-19-28(44-4)23-32(30)45-5)46-29-14-10-13-26(22-29)37-35(42)31(39-34(41)25-11-8-7-9-12-25)21-24-15-17-27(18-16-24)40(2)3/h7-23,33H,6H2,1-5H3,(H,37,42)(H,38,43)(H,39,41)/b31-21+. The fourth-order valence-corrected chi connectivity index (χ4v) is 5.44. The van der Waals surface area contributed by atoms with E-state index in [2.05, 4.69) is 16.0 Å². The van der Waals surface area contributed by atoms with Gasteiger partial charge in [-0.3, -0.25) is 14.4 Å². The lowest BCUT2D eigenvalue weighted by Crippen LogP contribution is -2.30. The van der Waals surface area contributed by atoms with E-state index in [1.165, 1.54) is 18.9 Å². The lowest BCUT2D eigenvalue weighted by Gasteiger charge is -2.17. The van der Waals surface area contributed by atoms with Crippen LogP contribution in [-0.4, -0.2) is 51.3 Å². The van der Waals surface area contributed by atoms with Gasteiger partial charge in [0.25, 0.3) is 11.8 Å². The molecule has 0 fully saturated rings. The van der Waals surface area contributed by atoms with Gasteiger partial charge >= 0.3 is 0 Å². The van der Waals surface area contributed by atoms with Gasteiger partial charge in [-0.15, -0.1) is 11.8 Å². The Hall–Kier alpha value is -5.22. The van der Waals surface area contributed by atoms with Gasteiger partial charge in [-0.05, 0) is 72.7 Å². The molecule has 0 aromatic heterocycles. The minimum absolute atomic E-state index is 0.0868. The van der Waals surface area contributed by atoms with Crippen LogP contribution in [0, 0.1) is 0 Å². The second kappa shape index (κ2) is 16.2. The van der Waals surface area contributed by atoms with E-state index in [0.29, 0.717) is 34.9 Å². The van der Waals surface area contributed by atoms with Crippen molar-refractivity contribution in [3.8, 4) is 11.5 Å². The van der Waals surface area contributed by atoms with Crippen LogP contribution < -0.4 is 30.3 Å². The Morgan fingerprint density at radius 1 is 0.848 bits per heavy atom. The predicted octanol–water partition coefficient (Wildman–Crippen LogP) is 6.69. The van der Waals surface area contributed by atoms with Crippen LogP contribution in [0.15, 0.2) is 108 Å². The zero-order valence-corrected chi connectivity index (χ0v) is 27.3. The molecule has 4 rings (SSSR count). The third-order valence-electron chi connectivity index (χ3n) is 6.95. The molecule has 0 bridgehead atoms. The quantitative estimate of drug-likeness (QED) is 0.111. The third kappa shape index (κ3) is 9.15. The number of amides is 3. The molecular weight excluding hydrogens is 600 g/mol. The van der Waals surface area contributed by atoms with E-state index in [-0.39, 0.29) is 11.6 Å². The summed E-state index contributed by atoms with van der Waals surface area (Å²) in [6.45, 7) is 1.94. The van der Waals surface area contributed by atoms with Gasteiger partial charge < -0.3 is 30.3 Å². The number of nitrogens with zero attached hydrogens (tertiary/aromatic N) is 1. The van der Waals surface area contributed by atoms with Crippen LogP contribution in [0.25, 0.3) is 6.08 Å². The predicted molar refractivity (Wildman–Crippen MR) is 186 cm³/mol. The Morgan fingerprint density at radius 2 is 1.59 bits per heavy atom. The molecule has 0 aliphatic heterocycles. The topological polar surface area (TPSA) is 109 Å². The number of rotatable bonds is 13. The maximum absolute atomic E-state index is 13.6. The van der Waals surface area contributed by atoms with Gasteiger partial charge in [-0.25, -0.2) is 0 Å². The molecule has 0 saturated heterocycles. The number of benzene rings is 4. The highest BCUT2D eigenvalue weighted by Gasteiger charge is 2.21. The molecule has 0 aliphatic rings. The van der Waals surface area contributed by atoms with E-state index in [9.17, 15) is 14.4 Å². The number of ether oxygens (including phenoxy) is 2. The Labute approximate surface area is 274 Å². The molecular formula is C36H38N4O5S. The summed E-state index contributed by atoms with van der Waals surface area (Å²) in [4.78, 5) is 42.6. The molecule has 0 spiro atoms. The van der Waals surface area contributed by atoms with Crippen molar-refractivity contribution in [2.45, 2.75) is 23.5 Å². The number of anilines is 3. The molecule has 238 valence electrons. The van der Waals surface area contributed by atoms with Crippen molar-refractivity contribution in [1.82, 2.24) is 5.32 Å². The summed E-state index contributed by atoms with van der Waals surface area (Å²) in [5.74, 6) is 0.0460. The molecule has 3 amide bonds. The number of hydrogen-bond donors (Lipinski definition) is 3. The molecule has 0 aliphatic carbocycles. The highest BCUT2D eigenvalue weighted by atomic mass is 32.2. The largest absolute Gasteiger partial charge is 0.497 e. The molecule has 0 heterocycles. The number of thioether (sulfide) groups is 1. The first-order valence-corrected chi connectivity index (χ1v) is 15.5. The first kappa shape index (κ1) is 33.7. The summed E-state index contributed by atoms with van der Waals surface area (Å²) in [6, 6.07) is 28.8. The zero-order valence-electron chi connectivity index (χ0n) is 26.5. The maximum Gasteiger partial charge on any atom is 0.272 e. The lowest BCUT2D eigenvalue weighted by atomic mass is 10.1. The molecule has 3 N–H and O–H groups in total. The summed E-state index contributed by atoms with van der Waals surface area (Å²) in [5, 5.41) is 8.21. The smallest absolute Gasteiger partial charge is 0.272 e. The second-order valence-electron chi connectivity index (χ2n) is 10.4. The molecule has 0 radical (unpaired) electrons. The maximum atomic E-state index is 13.6. The van der Waals surface area contributed by atoms with E-state index in [1.54, 1.807) is 73.8 Å². The first-order chi connectivity index (χ1) is 22.2. The lowest BCUT2D eigenvalue weighted by molar-refractivity contribution is -0.116. The van der Waals surface area contributed by atoms with Gasteiger partial charge in [0.1, 0.15) is 17.2 Å². The van der Waals surface area contributed by atoms with Gasteiger partial charge in [-0.1, -0.05) is 43.3 Å². The molecule has 10 heteroatoms. The fraction of sp³-hybridized carbons (Fsp3) is 0.194. The molecule has 1 unspecified atom stereocenters. The van der Waals surface area contributed by atoms with Crippen molar-refractivity contribution in [2.24, 2.45) is 0 Å². The summed E-state index contributed by atoms with van der Waals surface area (Å²) < 4.78 is 10.7. The monoisotopic (exact) mass is 638 g/mol. The van der Waals surface area contributed by atoms with Crippen molar-refractivity contribution in [1.29, 1.82) is 0 Å². The van der Waals surface area contributed by atoms with Crippen LogP contribution in [0.2, 0.25) is 0 Å². The highest BCUT2D eigenvalue weighted by molar-refractivity contribution is 8.00. The van der Waals surface area contributed by atoms with E-state index in [0.717, 1.165) is 16.1 Å². The summed E-state index contributed by atoms with van der Waals surface area (Å²) in [6.07, 6.45) is 2.20. The Morgan fingerprint density at radius 3 is 2.24 bits per heavy atom. The number of methoxy groups -OCH3 is 2. The Balaban J connectivity index is 1.51. The van der Waals surface area contributed by atoms with E-state index in [1.807, 2.05) is 62.3 Å². The van der Waals surface area contributed by atoms with E-state index < -0.39 is 17.1 Å². The molecule has 1 atom stereocenters. The number of nitrogens with one attached hydrogen (secondary N) is 3. The van der Waals surface area contributed by atoms with E-state index in [4.69, 9.17) is 9.47 Å². The second-order valence-corrected chi connectivity index (χ2v) is 11.7. The average Bonchev–Trinajstić information content (AvgIpc) is 3.07. The average molecular weight is 639 g/mol. The zero-order chi connectivity index (χ0) is 33.1. The summed E-state index contributed by atoms with van der Waals surface area (Å²) in [7, 11) is 6.99. The minimum atomic E-state index is -0.487. The SMILES string of the molecule is CCC(Sc1cccc(NC(=O)/C(=C\c2ccc(N(C)C)cc2)NC(=O)c2ccccc2)c1)C(=O)Nc1ccc(OC)cc1OC. The first-order valence-electron chi connectivity index (χ1n) is 14.7. The van der Waals surface area contributed by atoms with E-state index >= 15 is 0 Å². The fourth-order valence-electron chi connectivity index (χ4n) is 4.42. The molecule has 4 aromatic carbocycles. The molecule has 4 aromatic rings. The van der Waals surface area contributed by atoms with Crippen molar-refractivity contribution >= 4 is 52.6 Å². The highest BCUT2D eigenvalue weighted by Crippen LogP contribution is 2.32. The number of carbonyl (C=O) groups is 3. The minimum Gasteiger partial charge on any atom is -0.497 e. The Kier molecular flexibility index (Phi) is 11.9. The van der Waals surface area contributed by atoms with Crippen LogP contribution in [-0.2, 0) is 9.59 Å². The third-order valence-corrected chi connectivity index (χ3v) is 8.31. The van der Waals surface area contributed by atoms with Crippen molar-refractivity contribution in [3.63, 3.8) is 0 Å². The van der Waals surface area contributed by atoms with Crippen LogP contribution >= 0.6 is 11.8 Å². The normalized spacial score (nSPS) is 11.6. The molecule has 9 nitrogen and oxygen atoms in total. The summed E-state index contributed by atoms with van der Waals surface area (Å²) >= 11 is 1.38. The van der Waals surface area contributed by atoms with Gasteiger partial charge in [0.05, 0.1) is 25.2 Å².